The van der Waals surface area contributed by atoms with Gasteiger partial charge in [-0.3, -0.25) is 0 Å². The molecule has 0 saturated heterocycles. The Bertz CT molecular complexity index is 986. The molecule has 1 fully saturated rings. The predicted molar refractivity (Wildman–Crippen MR) is 96.6 cm³/mol. The number of carbonyl (C=O) groups excluding carboxylic acids is 1. The number of nitrogens with zero attached hydrogens (tertiary/aromatic N) is 7. The lowest BCUT2D eigenvalue weighted by Gasteiger charge is -2.32. The van der Waals surface area contributed by atoms with Crippen molar-refractivity contribution < 1.29 is 4.79 Å². The van der Waals surface area contributed by atoms with Crippen LogP contribution in [0.25, 0.3) is 16.7 Å². The number of tetrazole rings is 1. The van der Waals surface area contributed by atoms with Gasteiger partial charge in [-0.2, -0.15) is 13.4 Å². The molecule has 9 nitrogen and oxygen atoms in total. The van der Waals surface area contributed by atoms with Crippen LogP contribution in [0, 0.1) is 0 Å². The molecule has 1 amide bonds. The number of aromatic nitrogens is 6. The minimum Gasteiger partial charge on any atom is -0.320 e. The van der Waals surface area contributed by atoms with E-state index in [0.29, 0.717) is 23.3 Å². The summed E-state index contributed by atoms with van der Waals surface area (Å²) in [6.07, 6.45) is 5.34. The van der Waals surface area contributed by atoms with Gasteiger partial charge in [0.05, 0.1) is 11.7 Å². The van der Waals surface area contributed by atoms with Crippen molar-refractivity contribution in [2.75, 3.05) is 6.54 Å². The van der Waals surface area contributed by atoms with Crippen LogP contribution < -0.4 is 5.69 Å². The van der Waals surface area contributed by atoms with E-state index in [2.05, 4.69) is 19.2 Å². The molecule has 136 valence electrons. The van der Waals surface area contributed by atoms with Crippen LogP contribution in [0.15, 0.2) is 23.0 Å². The Balaban J connectivity index is 1.69. The molecule has 1 aliphatic carbocycles. The van der Waals surface area contributed by atoms with Gasteiger partial charge >= 0.3 is 11.7 Å². The van der Waals surface area contributed by atoms with Crippen molar-refractivity contribution in [3.05, 3.63) is 28.7 Å². The molecule has 0 spiro atoms. The van der Waals surface area contributed by atoms with E-state index in [1.54, 1.807) is 17.0 Å². The number of hydrogen-bond donors (Lipinski definition) is 0. The number of amides is 1. The summed E-state index contributed by atoms with van der Waals surface area (Å²) in [5, 5.41) is 7.73. The average Bonchev–Trinajstić information content (AvgIpc) is 3.29. The predicted octanol–water partition coefficient (Wildman–Crippen LogP) is 2.06. The summed E-state index contributed by atoms with van der Waals surface area (Å²) in [7, 11) is 0. The Labute approximate surface area is 153 Å². The molecule has 2 aromatic heterocycles. The van der Waals surface area contributed by atoms with Crippen LogP contribution in [0.1, 0.15) is 39.0 Å². The summed E-state index contributed by atoms with van der Waals surface area (Å²) >= 11 is 1.06. The number of benzene rings is 1. The molecule has 0 bridgehead atoms. The van der Waals surface area contributed by atoms with Crippen molar-refractivity contribution >= 4 is 28.8 Å². The van der Waals surface area contributed by atoms with E-state index < -0.39 is 11.7 Å². The van der Waals surface area contributed by atoms with Gasteiger partial charge in [-0.15, -0.1) is 4.68 Å². The van der Waals surface area contributed by atoms with Crippen LogP contribution in [0.5, 0.6) is 0 Å². The van der Waals surface area contributed by atoms with Crippen molar-refractivity contribution in [2.24, 2.45) is 0 Å². The topological polar surface area (TPSA) is 98.8 Å². The quantitative estimate of drug-likeness (QED) is 0.652. The average molecular weight is 373 g/mol. The van der Waals surface area contributed by atoms with E-state index >= 15 is 0 Å². The minimum absolute atomic E-state index is 0.157. The normalized spacial score (nSPS) is 15.4. The van der Waals surface area contributed by atoms with Gasteiger partial charge in [0.2, 0.25) is 0 Å². The molecule has 3 aromatic rings. The highest BCUT2D eigenvalue weighted by molar-refractivity contribution is 7.00. The largest absolute Gasteiger partial charge is 0.377 e. The van der Waals surface area contributed by atoms with Crippen molar-refractivity contribution in [3.63, 3.8) is 0 Å². The Morgan fingerprint density at radius 2 is 2.04 bits per heavy atom. The van der Waals surface area contributed by atoms with Gasteiger partial charge < -0.3 is 4.90 Å². The van der Waals surface area contributed by atoms with Gasteiger partial charge in [-0.05, 0) is 42.3 Å². The van der Waals surface area contributed by atoms with Gasteiger partial charge in [0.1, 0.15) is 16.7 Å². The molecule has 0 atom stereocenters. The summed E-state index contributed by atoms with van der Waals surface area (Å²) in [6.45, 7) is 2.46. The van der Waals surface area contributed by atoms with E-state index in [0.717, 1.165) is 46.8 Å². The zero-order chi connectivity index (χ0) is 18.1. The molecule has 0 N–H and O–H groups in total. The summed E-state index contributed by atoms with van der Waals surface area (Å²) < 4.78 is 10.3. The second kappa shape index (κ2) is 6.94. The molecule has 1 aromatic carbocycles. The highest BCUT2D eigenvalue weighted by atomic mass is 32.1. The third-order valence-electron chi connectivity index (χ3n) is 4.86. The van der Waals surface area contributed by atoms with Gasteiger partial charge in [0, 0.05) is 12.6 Å². The third-order valence-corrected chi connectivity index (χ3v) is 5.40. The molecular formula is C16H19N7O2S. The molecule has 10 heteroatoms. The summed E-state index contributed by atoms with van der Waals surface area (Å²) in [4.78, 5) is 27.4. The highest BCUT2D eigenvalue weighted by Gasteiger charge is 2.28. The third kappa shape index (κ3) is 2.79. The summed E-state index contributed by atoms with van der Waals surface area (Å²) in [6, 6.07) is 5.04. The molecule has 0 radical (unpaired) electrons. The first kappa shape index (κ1) is 16.8. The maximum atomic E-state index is 12.9. The van der Waals surface area contributed by atoms with Crippen LogP contribution in [0.4, 0.5) is 4.79 Å². The smallest absolute Gasteiger partial charge is 0.320 e. The Kier molecular flexibility index (Phi) is 4.49. The van der Waals surface area contributed by atoms with Gasteiger partial charge in [-0.1, -0.05) is 25.3 Å². The fourth-order valence-electron chi connectivity index (χ4n) is 3.54. The minimum atomic E-state index is -0.593. The van der Waals surface area contributed by atoms with Crippen molar-refractivity contribution in [3.8, 4) is 5.69 Å². The second-order valence-corrected chi connectivity index (χ2v) is 6.88. The first-order valence-electron chi connectivity index (χ1n) is 8.78. The van der Waals surface area contributed by atoms with Crippen LogP contribution in [-0.2, 0) is 0 Å². The highest BCUT2D eigenvalue weighted by Crippen LogP contribution is 2.23. The first-order chi connectivity index (χ1) is 12.7. The fraction of sp³-hybridized carbons (Fsp3) is 0.500. The zero-order valence-corrected chi connectivity index (χ0v) is 15.2. The van der Waals surface area contributed by atoms with Crippen LogP contribution in [-0.4, -0.2) is 52.1 Å². The maximum absolute atomic E-state index is 12.9. The van der Waals surface area contributed by atoms with E-state index in [-0.39, 0.29) is 6.04 Å². The van der Waals surface area contributed by atoms with E-state index in [1.165, 1.54) is 6.42 Å². The first-order valence-corrected chi connectivity index (χ1v) is 9.51. The maximum Gasteiger partial charge on any atom is 0.377 e. The Morgan fingerprint density at radius 3 is 2.81 bits per heavy atom. The van der Waals surface area contributed by atoms with Crippen LogP contribution in [0.3, 0.4) is 0 Å². The molecule has 26 heavy (non-hydrogen) atoms. The van der Waals surface area contributed by atoms with Gasteiger partial charge in [0.25, 0.3) is 0 Å². The lowest BCUT2D eigenvalue weighted by molar-refractivity contribution is 0.157. The van der Waals surface area contributed by atoms with E-state index in [1.807, 2.05) is 13.0 Å². The molecule has 1 saturated carbocycles. The summed E-state index contributed by atoms with van der Waals surface area (Å²) in [5.41, 5.74) is 1.13. The van der Waals surface area contributed by atoms with Gasteiger partial charge in [0.15, 0.2) is 0 Å². The zero-order valence-electron chi connectivity index (χ0n) is 14.4. The molecule has 0 unspecified atom stereocenters. The van der Waals surface area contributed by atoms with E-state index in [4.69, 9.17) is 0 Å². The van der Waals surface area contributed by atoms with Crippen molar-refractivity contribution in [1.29, 1.82) is 0 Å². The SMILES string of the molecule is CCN(C(=O)n1nnn(-c2cccc3nsnc23)c1=O)C1CCCCC1. The number of hydrogen-bond acceptors (Lipinski definition) is 7. The van der Waals surface area contributed by atoms with Crippen LogP contribution >= 0.6 is 11.7 Å². The molecule has 1 aliphatic rings. The van der Waals surface area contributed by atoms with Gasteiger partial charge in [-0.25, -0.2) is 9.59 Å². The molecular weight excluding hydrogens is 354 g/mol. The Hall–Kier alpha value is -2.62. The number of carbonyl (C=O) groups is 1. The number of fused-ring (bicyclic) bond motifs is 1. The van der Waals surface area contributed by atoms with Crippen molar-refractivity contribution in [2.45, 2.75) is 45.1 Å². The lowest BCUT2D eigenvalue weighted by Crippen LogP contribution is -2.46. The Morgan fingerprint density at radius 1 is 1.23 bits per heavy atom. The standard InChI is InChI=1S/C16H19N7O2S/c1-2-21(11-7-4-3-5-8-11)15(24)23-16(25)22(19-20-23)13-10-6-9-12-14(13)18-26-17-12/h6,9-11H,2-5,7-8H2,1H3. The van der Waals surface area contributed by atoms with Crippen LogP contribution in [0.2, 0.25) is 0 Å². The van der Waals surface area contributed by atoms with E-state index in [9.17, 15) is 9.59 Å². The number of rotatable bonds is 3. The summed E-state index contributed by atoms with van der Waals surface area (Å²) in [5.74, 6) is 0. The monoisotopic (exact) mass is 373 g/mol. The molecule has 0 aliphatic heterocycles. The second-order valence-electron chi connectivity index (χ2n) is 6.35. The molecule has 2 heterocycles. The van der Waals surface area contributed by atoms with Crippen molar-refractivity contribution in [1.82, 2.24) is 33.4 Å². The molecule has 4 rings (SSSR count). The lowest BCUT2D eigenvalue weighted by atomic mass is 9.94. The fourth-order valence-corrected chi connectivity index (χ4v) is 4.09.